The predicted molar refractivity (Wildman–Crippen MR) is 80.5 cm³/mol. The Hall–Kier alpha value is -2.34. The van der Waals surface area contributed by atoms with Crippen molar-refractivity contribution in [2.75, 3.05) is 6.61 Å². The molecule has 0 fully saturated rings. The molecule has 0 unspecified atom stereocenters. The van der Waals surface area contributed by atoms with Crippen LogP contribution in [0.1, 0.15) is 34.8 Å². The third kappa shape index (κ3) is 3.85. The summed E-state index contributed by atoms with van der Waals surface area (Å²) in [5.41, 5.74) is 1.68. The Balaban J connectivity index is 2.20. The Morgan fingerprint density at radius 3 is 2.82 bits per heavy atom. The number of aryl methyl sites for hydroxylation is 1. The molecule has 0 saturated heterocycles. The van der Waals surface area contributed by atoms with Gasteiger partial charge in [-0.25, -0.2) is 4.79 Å². The van der Waals surface area contributed by atoms with E-state index in [4.69, 9.17) is 9.47 Å². The lowest BCUT2D eigenvalue weighted by Gasteiger charge is -2.13. The van der Waals surface area contributed by atoms with Gasteiger partial charge in [-0.05, 0) is 18.1 Å². The average molecular weight is 304 g/mol. The summed E-state index contributed by atoms with van der Waals surface area (Å²) in [6.45, 7) is 2.27. The van der Waals surface area contributed by atoms with E-state index in [-0.39, 0.29) is 13.2 Å². The van der Waals surface area contributed by atoms with E-state index in [1.165, 1.54) is 0 Å². The number of rotatable bonds is 7. The van der Waals surface area contributed by atoms with Crippen LogP contribution in [0.15, 0.2) is 30.5 Å². The molecule has 1 N–H and O–H groups in total. The van der Waals surface area contributed by atoms with Crippen molar-refractivity contribution >= 4 is 5.97 Å². The number of aromatic nitrogens is 2. The highest BCUT2D eigenvalue weighted by Crippen LogP contribution is 2.19. The fraction of sp³-hybridized carbons (Fsp3) is 0.375. The van der Waals surface area contributed by atoms with Crippen LogP contribution >= 0.6 is 0 Å². The molecule has 2 rings (SSSR count). The molecule has 1 heterocycles. The third-order valence-electron chi connectivity index (χ3n) is 3.15. The van der Waals surface area contributed by atoms with Gasteiger partial charge in [0.15, 0.2) is 0 Å². The zero-order valence-electron chi connectivity index (χ0n) is 12.8. The number of hydrogen-bond donors (Lipinski definition) is 1. The minimum Gasteiger partial charge on any atom is -0.472 e. The van der Waals surface area contributed by atoms with Gasteiger partial charge in [-0.1, -0.05) is 19.1 Å². The molecule has 1 aromatic heterocycles. The maximum absolute atomic E-state index is 12.1. The van der Waals surface area contributed by atoms with Crippen molar-refractivity contribution in [1.29, 1.82) is 0 Å². The molecular weight excluding hydrogens is 284 g/mol. The van der Waals surface area contributed by atoms with Gasteiger partial charge in [0, 0.05) is 24.9 Å². The molecule has 0 aliphatic carbocycles. The second-order valence-corrected chi connectivity index (χ2v) is 4.85. The number of carbonyl (C=O) groups excluding carboxylic acids is 1. The number of ether oxygens (including phenoxy) is 2. The van der Waals surface area contributed by atoms with Crippen molar-refractivity contribution in [3.8, 4) is 5.88 Å². The summed E-state index contributed by atoms with van der Waals surface area (Å²) < 4.78 is 12.4. The van der Waals surface area contributed by atoms with E-state index in [9.17, 15) is 9.90 Å². The zero-order valence-corrected chi connectivity index (χ0v) is 12.8. The van der Waals surface area contributed by atoms with Gasteiger partial charge in [-0.2, -0.15) is 0 Å². The molecule has 1 aromatic carbocycles. The molecule has 0 saturated carbocycles. The summed E-state index contributed by atoms with van der Waals surface area (Å²) in [6.07, 6.45) is 2.52. The first-order valence-electron chi connectivity index (χ1n) is 7.17. The second-order valence-electron chi connectivity index (χ2n) is 4.85. The number of aliphatic hydroxyl groups is 1. The molecule has 0 amide bonds. The minimum absolute atomic E-state index is 0.143. The Kier molecular flexibility index (Phi) is 5.55. The molecule has 0 aliphatic rings. The highest BCUT2D eigenvalue weighted by Gasteiger charge is 2.16. The van der Waals surface area contributed by atoms with Crippen LogP contribution in [0.2, 0.25) is 0 Å². The van der Waals surface area contributed by atoms with Gasteiger partial charge in [0.05, 0.1) is 18.8 Å². The van der Waals surface area contributed by atoms with Gasteiger partial charge < -0.3 is 14.6 Å². The number of esters is 1. The lowest BCUT2D eigenvalue weighted by molar-refractivity contribution is 0.0501. The summed E-state index contributed by atoms with van der Waals surface area (Å²) in [4.78, 5) is 12.1. The van der Waals surface area contributed by atoms with Gasteiger partial charge in [-0.15, -0.1) is 5.10 Å². The van der Waals surface area contributed by atoms with Crippen LogP contribution in [-0.2, 0) is 25.0 Å². The highest BCUT2D eigenvalue weighted by atomic mass is 16.5. The maximum Gasteiger partial charge on any atom is 0.338 e. The molecular formula is C16H20N2O4. The van der Waals surface area contributed by atoms with E-state index in [0.717, 1.165) is 6.42 Å². The van der Waals surface area contributed by atoms with E-state index in [2.05, 4.69) is 5.10 Å². The highest BCUT2D eigenvalue weighted by molar-refractivity contribution is 5.91. The maximum atomic E-state index is 12.1. The lowest BCUT2D eigenvalue weighted by Crippen LogP contribution is -2.13. The van der Waals surface area contributed by atoms with Crippen molar-refractivity contribution in [2.24, 2.45) is 7.05 Å². The molecule has 118 valence electrons. The summed E-state index contributed by atoms with van der Waals surface area (Å²) in [5, 5.41) is 13.6. The topological polar surface area (TPSA) is 73.6 Å². The van der Waals surface area contributed by atoms with Gasteiger partial charge in [0.1, 0.15) is 6.61 Å². The quantitative estimate of drug-likeness (QED) is 0.793. The number of hydrogen-bond acceptors (Lipinski definition) is 5. The minimum atomic E-state index is -0.406. The molecule has 0 radical (unpaired) electrons. The summed E-state index contributed by atoms with van der Waals surface area (Å²) in [5.74, 6) is 0.0555. The largest absolute Gasteiger partial charge is 0.472 e. The van der Waals surface area contributed by atoms with Crippen molar-refractivity contribution in [1.82, 2.24) is 9.78 Å². The zero-order chi connectivity index (χ0) is 15.9. The molecule has 6 nitrogen and oxygen atoms in total. The number of carbonyl (C=O) groups is 1. The normalized spacial score (nSPS) is 10.5. The first-order chi connectivity index (χ1) is 10.7. The molecule has 6 heteroatoms. The molecule has 22 heavy (non-hydrogen) atoms. The monoisotopic (exact) mass is 304 g/mol. The van der Waals surface area contributed by atoms with Gasteiger partial charge >= 0.3 is 5.97 Å². The van der Waals surface area contributed by atoms with Gasteiger partial charge in [0.2, 0.25) is 5.88 Å². The van der Waals surface area contributed by atoms with E-state index in [1.54, 1.807) is 42.2 Å². The first-order valence-corrected chi connectivity index (χ1v) is 7.17. The Morgan fingerprint density at radius 2 is 2.18 bits per heavy atom. The van der Waals surface area contributed by atoms with Crippen LogP contribution in [0.5, 0.6) is 5.88 Å². The number of aliphatic hydroxyl groups excluding tert-OH is 1. The number of nitrogens with zero attached hydrogens (tertiary/aromatic N) is 2. The van der Waals surface area contributed by atoms with Crippen molar-refractivity contribution < 1.29 is 19.4 Å². The molecule has 0 atom stereocenters. The fourth-order valence-corrected chi connectivity index (χ4v) is 2.03. The average Bonchev–Trinajstić information content (AvgIpc) is 2.95. The van der Waals surface area contributed by atoms with Crippen molar-refractivity contribution in [3.63, 3.8) is 0 Å². The molecule has 0 aliphatic heterocycles. The van der Waals surface area contributed by atoms with E-state index < -0.39 is 5.97 Å². The van der Waals surface area contributed by atoms with E-state index >= 15 is 0 Å². The van der Waals surface area contributed by atoms with E-state index in [0.29, 0.717) is 29.2 Å². The summed E-state index contributed by atoms with van der Waals surface area (Å²) >= 11 is 0. The summed E-state index contributed by atoms with van der Waals surface area (Å²) in [7, 11) is 1.79. The molecule has 0 bridgehead atoms. The van der Waals surface area contributed by atoms with Crippen molar-refractivity contribution in [3.05, 3.63) is 47.2 Å². The van der Waals surface area contributed by atoms with Crippen LogP contribution in [0.4, 0.5) is 0 Å². The molecule has 0 spiro atoms. The van der Waals surface area contributed by atoms with E-state index in [1.807, 2.05) is 6.92 Å². The van der Waals surface area contributed by atoms with Crippen LogP contribution < -0.4 is 4.74 Å². The third-order valence-corrected chi connectivity index (χ3v) is 3.15. The Morgan fingerprint density at radius 1 is 1.36 bits per heavy atom. The standard InChI is InChI=1S/C16H20N2O4/c1-3-9-21-16(20)13-6-4-5-12(10-19)14(13)11-22-15-7-8-18(2)17-15/h4-8,19H,3,9-11H2,1-2H3. The Bertz CT molecular complexity index is 637. The van der Waals surface area contributed by atoms with Crippen LogP contribution in [0.25, 0.3) is 0 Å². The van der Waals surface area contributed by atoms with Crippen LogP contribution in [0, 0.1) is 0 Å². The first kappa shape index (κ1) is 16.0. The SMILES string of the molecule is CCCOC(=O)c1cccc(CO)c1COc1ccn(C)n1. The lowest BCUT2D eigenvalue weighted by atomic mass is 10.0. The second kappa shape index (κ2) is 7.61. The fourth-order valence-electron chi connectivity index (χ4n) is 2.03. The Labute approximate surface area is 129 Å². The van der Waals surface area contributed by atoms with Gasteiger partial charge in [-0.3, -0.25) is 4.68 Å². The summed E-state index contributed by atoms with van der Waals surface area (Å²) in [6, 6.07) is 6.89. The number of benzene rings is 1. The van der Waals surface area contributed by atoms with Crippen LogP contribution in [-0.4, -0.2) is 27.5 Å². The molecule has 2 aromatic rings. The van der Waals surface area contributed by atoms with Crippen molar-refractivity contribution in [2.45, 2.75) is 26.6 Å². The predicted octanol–water partition coefficient (Wildman–Crippen LogP) is 2.06. The smallest absolute Gasteiger partial charge is 0.338 e. The van der Waals surface area contributed by atoms with Gasteiger partial charge in [0.25, 0.3) is 0 Å². The van der Waals surface area contributed by atoms with Crippen LogP contribution in [0.3, 0.4) is 0 Å².